The molecule has 1 fully saturated rings. The second kappa shape index (κ2) is 8.47. The van der Waals surface area contributed by atoms with Crippen LogP contribution < -0.4 is 0 Å². The summed E-state index contributed by atoms with van der Waals surface area (Å²) in [6, 6.07) is 9.27. The maximum atomic E-state index is 13.1. The molecule has 0 saturated carbocycles. The van der Waals surface area contributed by atoms with E-state index in [1.54, 1.807) is 26.2 Å². The molecule has 0 bridgehead atoms. The zero-order valence-electron chi connectivity index (χ0n) is 18.2. The van der Waals surface area contributed by atoms with Crippen LogP contribution in [0.4, 0.5) is 0 Å². The summed E-state index contributed by atoms with van der Waals surface area (Å²) in [7, 11) is 1.57. The standard InChI is InChI=1S/C24H25N3O5/c1-14-6-4-11-26-15(2)19(25-23(14)26)21(29)18-20(16-7-9-17(28)10-8-16)27(12-5-13-32-3)24(31)22(18)30/h4,6-11,20,28-29H,5,12-13H2,1-3H3. The summed E-state index contributed by atoms with van der Waals surface area (Å²) < 4.78 is 6.94. The van der Waals surface area contributed by atoms with Crippen LogP contribution in [0.1, 0.15) is 35.0 Å². The number of aliphatic hydroxyl groups excluding tert-OH is 1. The molecule has 8 heteroatoms. The van der Waals surface area contributed by atoms with Crippen molar-refractivity contribution in [1.82, 2.24) is 14.3 Å². The second-order valence-electron chi connectivity index (χ2n) is 7.86. The number of nitrogens with zero attached hydrogens (tertiary/aromatic N) is 3. The van der Waals surface area contributed by atoms with Gasteiger partial charge in [-0.15, -0.1) is 0 Å². The number of likely N-dealkylation sites (tertiary alicyclic amines) is 1. The Hall–Kier alpha value is -3.65. The van der Waals surface area contributed by atoms with Gasteiger partial charge in [0, 0.05) is 26.5 Å². The number of phenolic OH excluding ortho intramolecular Hbond substituents is 1. The van der Waals surface area contributed by atoms with E-state index in [1.807, 2.05) is 29.7 Å². The number of hydrogen-bond donors (Lipinski definition) is 2. The molecule has 2 N–H and O–H groups in total. The van der Waals surface area contributed by atoms with E-state index in [-0.39, 0.29) is 29.3 Å². The zero-order valence-corrected chi connectivity index (χ0v) is 18.2. The van der Waals surface area contributed by atoms with Crippen molar-refractivity contribution in [2.24, 2.45) is 0 Å². The van der Waals surface area contributed by atoms with Gasteiger partial charge in [0.2, 0.25) is 0 Å². The Balaban J connectivity index is 1.89. The summed E-state index contributed by atoms with van der Waals surface area (Å²) in [6.07, 6.45) is 2.37. The van der Waals surface area contributed by atoms with Crippen molar-refractivity contribution in [2.45, 2.75) is 26.3 Å². The van der Waals surface area contributed by atoms with Crippen LogP contribution in [0.25, 0.3) is 11.4 Å². The van der Waals surface area contributed by atoms with Gasteiger partial charge in [-0.05, 0) is 49.6 Å². The van der Waals surface area contributed by atoms with E-state index in [1.165, 1.54) is 17.0 Å². The fraction of sp³-hybridized carbons (Fsp3) is 0.292. The van der Waals surface area contributed by atoms with E-state index < -0.39 is 17.7 Å². The Morgan fingerprint density at radius 2 is 1.88 bits per heavy atom. The molecule has 3 heterocycles. The van der Waals surface area contributed by atoms with Crippen LogP contribution in [0.3, 0.4) is 0 Å². The Labute approximate surface area is 185 Å². The molecule has 1 unspecified atom stereocenters. The Morgan fingerprint density at radius 1 is 1.16 bits per heavy atom. The zero-order chi connectivity index (χ0) is 23.0. The normalized spacial score (nSPS) is 18.1. The first-order valence-corrected chi connectivity index (χ1v) is 10.4. The van der Waals surface area contributed by atoms with E-state index >= 15 is 0 Å². The fourth-order valence-electron chi connectivity index (χ4n) is 4.17. The van der Waals surface area contributed by atoms with Crippen LogP contribution in [0.15, 0.2) is 48.2 Å². The molecule has 2 aromatic heterocycles. The van der Waals surface area contributed by atoms with Gasteiger partial charge in [-0.2, -0.15) is 0 Å². The minimum absolute atomic E-state index is 0.0118. The molecular formula is C24H25N3O5. The smallest absolute Gasteiger partial charge is 0.295 e. The summed E-state index contributed by atoms with van der Waals surface area (Å²) in [6.45, 7) is 4.43. The number of aromatic nitrogens is 2. The number of aryl methyl sites for hydroxylation is 2. The lowest BCUT2D eigenvalue weighted by Crippen LogP contribution is -2.31. The van der Waals surface area contributed by atoms with Crippen molar-refractivity contribution in [2.75, 3.05) is 20.3 Å². The first-order valence-electron chi connectivity index (χ1n) is 10.4. The predicted molar refractivity (Wildman–Crippen MR) is 118 cm³/mol. The van der Waals surface area contributed by atoms with Gasteiger partial charge in [0.25, 0.3) is 11.7 Å². The average Bonchev–Trinajstić information content (AvgIpc) is 3.25. The molecule has 166 valence electrons. The minimum Gasteiger partial charge on any atom is -0.508 e. The number of ether oxygens (including phenoxy) is 1. The van der Waals surface area contributed by atoms with Gasteiger partial charge >= 0.3 is 0 Å². The number of ketones is 1. The van der Waals surface area contributed by atoms with Gasteiger partial charge in [-0.1, -0.05) is 18.2 Å². The summed E-state index contributed by atoms with van der Waals surface area (Å²) in [4.78, 5) is 32.0. The molecular weight excluding hydrogens is 410 g/mol. The molecule has 1 aliphatic heterocycles. The van der Waals surface area contributed by atoms with Crippen molar-refractivity contribution < 1.29 is 24.5 Å². The van der Waals surface area contributed by atoms with E-state index in [9.17, 15) is 19.8 Å². The van der Waals surface area contributed by atoms with E-state index in [4.69, 9.17) is 4.74 Å². The average molecular weight is 435 g/mol. The van der Waals surface area contributed by atoms with Crippen LogP contribution in [-0.2, 0) is 14.3 Å². The Bertz CT molecular complexity index is 1230. The van der Waals surface area contributed by atoms with Crippen molar-refractivity contribution in [3.63, 3.8) is 0 Å². The minimum atomic E-state index is -0.794. The number of amides is 1. The van der Waals surface area contributed by atoms with Gasteiger partial charge in [0.15, 0.2) is 5.76 Å². The van der Waals surface area contributed by atoms with E-state index in [0.29, 0.717) is 29.9 Å². The maximum absolute atomic E-state index is 13.1. The first-order chi connectivity index (χ1) is 15.3. The van der Waals surface area contributed by atoms with Crippen LogP contribution in [0, 0.1) is 13.8 Å². The number of aliphatic hydroxyl groups is 1. The maximum Gasteiger partial charge on any atom is 0.295 e. The topological polar surface area (TPSA) is 104 Å². The molecule has 1 aromatic carbocycles. The van der Waals surface area contributed by atoms with Crippen LogP contribution in [0.2, 0.25) is 0 Å². The lowest BCUT2D eigenvalue weighted by molar-refractivity contribution is -0.140. The number of fused-ring (bicyclic) bond motifs is 1. The summed E-state index contributed by atoms with van der Waals surface area (Å²) in [5, 5.41) is 21.0. The van der Waals surface area contributed by atoms with Gasteiger partial charge in [0.05, 0.1) is 17.3 Å². The SMILES string of the molecule is COCCCN1C(=O)C(=O)C(=C(O)c2nc3c(C)cccn3c2C)C1c1ccc(O)cc1. The van der Waals surface area contributed by atoms with Gasteiger partial charge in [-0.3, -0.25) is 9.59 Å². The number of phenols is 1. The highest BCUT2D eigenvalue weighted by Crippen LogP contribution is 2.40. The summed E-state index contributed by atoms with van der Waals surface area (Å²) in [5.74, 6) is -1.68. The number of pyridine rings is 1. The molecule has 1 aliphatic rings. The summed E-state index contributed by atoms with van der Waals surface area (Å²) in [5.41, 5.74) is 3.11. The van der Waals surface area contributed by atoms with Gasteiger partial charge in [-0.25, -0.2) is 4.98 Å². The molecule has 0 radical (unpaired) electrons. The van der Waals surface area contributed by atoms with Crippen molar-refractivity contribution in [3.8, 4) is 5.75 Å². The number of benzene rings is 1. The van der Waals surface area contributed by atoms with E-state index in [0.717, 1.165) is 5.56 Å². The van der Waals surface area contributed by atoms with Gasteiger partial charge < -0.3 is 24.3 Å². The number of methoxy groups -OCH3 is 1. The number of rotatable bonds is 6. The number of imidazole rings is 1. The fourth-order valence-corrected chi connectivity index (χ4v) is 4.17. The largest absolute Gasteiger partial charge is 0.508 e. The third-order valence-corrected chi connectivity index (χ3v) is 5.80. The number of aromatic hydroxyl groups is 1. The van der Waals surface area contributed by atoms with Crippen LogP contribution >= 0.6 is 0 Å². The predicted octanol–water partition coefficient (Wildman–Crippen LogP) is 3.11. The third-order valence-electron chi connectivity index (χ3n) is 5.80. The quantitative estimate of drug-likeness (QED) is 0.267. The lowest BCUT2D eigenvalue weighted by Gasteiger charge is -2.25. The molecule has 0 aliphatic carbocycles. The molecule has 4 rings (SSSR count). The van der Waals surface area contributed by atoms with Crippen LogP contribution in [-0.4, -0.2) is 56.4 Å². The highest BCUT2D eigenvalue weighted by Gasteiger charge is 2.46. The van der Waals surface area contributed by atoms with Crippen LogP contribution in [0.5, 0.6) is 5.75 Å². The Morgan fingerprint density at radius 3 is 2.53 bits per heavy atom. The molecule has 8 nitrogen and oxygen atoms in total. The monoisotopic (exact) mass is 435 g/mol. The number of carbonyl (C=O) groups excluding carboxylic acids is 2. The van der Waals surface area contributed by atoms with E-state index in [2.05, 4.69) is 4.98 Å². The number of carbonyl (C=O) groups is 2. The molecule has 1 atom stereocenters. The molecule has 3 aromatic rings. The molecule has 1 amide bonds. The number of Topliss-reactive ketones (excluding diaryl/α,β-unsaturated/α-hetero) is 1. The third kappa shape index (κ3) is 3.52. The molecule has 32 heavy (non-hydrogen) atoms. The Kier molecular flexibility index (Phi) is 5.71. The van der Waals surface area contributed by atoms with Crippen molar-refractivity contribution in [3.05, 3.63) is 70.7 Å². The van der Waals surface area contributed by atoms with Crippen molar-refractivity contribution in [1.29, 1.82) is 0 Å². The van der Waals surface area contributed by atoms with Gasteiger partial charge in [0.1, 0.15) is 17.1 Å². The lowest BCUT2D eigenvalue weighted by atomic mass is 9.96. The first kappa shape index (κ1) is 21.6. The summed E-state index contributed by atoms with van der Waals surface area (Å²) >= 11 is 0. The second-order valence-corrected chi connectivity index (χ2v) is 7.86. The molecule has 1 saturated heterocycles. The molecule has 0 spiro atoms. The number of hydrogen-bond acceptors (Lipinski definition) is 6. The highest BCUT2D eigenvalue weighted by atomic mass is 16.5. The highest BCUT2D eigenvalue weighted by molar-refractivity contribution is 6.46. The van der Waals surface area contributed by atoms with Crippen molar-refractivity contribution >= 4 is 23.1 Å².